The summed E-state index contributed by atoms with van der Waals surface area (Å²) in [5.74, 6) is -0.386. The summed E-state index contributed by atoms with van der Waals surface area (Å²) in [5.41, 5.74) is 1.00. The molecule has 0 spiro atoms. The van der Waals surface area contributed by atoms with Gasteiger partial charge in [0, 0.05) is 49.2 Å². The third-order valence-corrected chi connectivity index (χ3v) is 5.10. The monoisotopic (exact) mass is 501 g/mol. The van der Waals surface area contributed by atoms with Crippen LogP contribution in [-0.4, -0.2) is 63.5 Å². The molecule has 0 saturated carbocycles. The number of nitrogens with zero attached hydrogens (tertiary/aromatic N) is 4. The largest absolute Gasteiger partial charge is 0.491 e. The molecule has 0 atom stereocenters. The Morgan fingerprint density at radius 1 is 1.08 bits per heavy atom. The minimum atomic E-state index is -2.15. The van der Waals surface area contributed by atoms with Crippen molar-refractivity contribution in [1.82, 2.24) is 4.98 Å². The third kappa shape index (κ3) is 6.71. The van der Waals surface area contributed by atoms with Crippen LogP contribution in [0, 0.1) is 11.3 Å². The second-order valence-electron chi connectivity index (χ2n) is 7.53. The second-order valence-corrected chi connectivity index (χ2v) is 7.53. The predicted molar refractivity (Wildman–Crippen MR) is 137 cm³/mol. The molecule has 1 amide bonds. The first kappa shape index (κ1) is 18.2. The molecule has 0 bridgehead atoms. The molecule has 36 heavy (non-hydrogen) atoms. The SMILES string of the molecule is [3H]c1cc(OCCOCCF)cc([3H])c1C(=O)Nc1ccc(N2CC([3H])([3H])N(c3ccc(C#N)cn3)C([3H])([3H])C2)cc1. The average molecular weight is 502 g/mol. The van der Waals surface area contributed by atoms with E-state index in [4.69, 9.17) is 23.0 Å². The van der Waals surface area contributed by atoms with Crippen LogP contribution in [0.4, 0.5) is 21.6 Å². The number of carbonyl (C=O) groups is 1. The lowest BCUT2D eigenvalue weighted by atomic mass is 10.2. The van der Waals surface area contributed by atoms with E-state index >= 15 is 0 Å². The molecule has 0 radical (unpaired) electrons. The first-order valence-corrected chi connectivity index (χ1v) is 11.2. The van der Waals surface area contributed by atoms with Gasteiger partial charge in [-0.15, -0.1) is 0 Å². The number of piperazine rings is 1. The van der Waals surface area contributed by atoms with E-state index in [9.17, 15) is 9.18 Å². The number of nitrogens with one attached hydrogen (secondary N) is 1. The fourth-order valence-corrected chi connectivity index (χ4v) is 3.26. The van der Waals surface area contributed by atoms with E-state index in [0.29, 0.717) is 11.4 Å². The van der Waals surface area contributed by atoms with E-state index in [1.165, 1.54) is 30.5 Å². The maximum atomic E-state index is 12.9. The predicted octanol–water partition coefficient (Wildman–Crippen LogP) is 3.90. The van der Waals surface area contributed by atoms with Gasteiger partial charge in [-0.1, -0.05) is 0 Å². The van der Waals surface area contributed by atoms with Crippen molar-refractivity contribution in [3.05, 3.63) is 77.9 Å². The number of ether oxygens (including phenoxy) is 2. The van der Waals surface area contributed by atoms with Gasteiger partial charge in [0.2, 0.25) is 0 Å². The number of benzene rings is 2. The Kier molecular flexibility index (Phi) is 6.31. The number of pyridine rings is 1. The molecule has 0 unspecified atom stereocenters. The smallest absolute Gasteiger partial charge is 0.255 e. The van der Waals surface area contributed by atoms with E-state index in [-0.39, 0.29) is 67.7 Å². The molecule has 186 valence electrons. The molecule has 2 heterocycles. The Hall–Kier alpha value is -4.16. The second kappa shape index (κ2) is 12.5. The topological polar surface area (TPSA) is 90.7 Å². The minimum absolute atomic E-state index is 0.0461. The Balaban J connectivity index is 1.43. The number of hydrogen-bond donors (Lipinski definition) is 1. The van der Waals surface area contributed by atoms with Crippen molar-refractivity contribution in [1.29, 1.82) is 5.26 Å². The minimum Gasteiger partial charge on any atom is -0.491 e. The number of nitriles is 1. The third-order valence-electron chi connectivity index (χ3n) is 5.10. The number of amides is 1. The average Bonchev–Trinajstić information content (AvgIpc) is 2.92. The first-order valence-electron chi connectivity index (χ1n) is 14.2. The van der Waals surface area contributed by atoms with Crippen molar-refractivity contribution in [2.45, 2.75) is 0 Å². The van der Waals surface area contributed by atoms with Gasteiger partial charge in [-0.25, -0.2) is 9.37 Å². The zero-order valence-electron chi connectivity index (χ0n) is 25.3. The molecule has 1 aliphatic heterocycles. The van der Waals surface area contributed by atoms with E-state index < -0.39 is 25.6 Å². The van der Waals surface area contributed by atoms with Crippen LogP contribution in [0.15, 0.2) is 66.8 Å². The van der Waals surface area contributed by atoms with Gasteiger partial charge in [0.25, 0.3) is 5.91 Å². The summed E-state index contributed by atoms with van der Waals surface area (Å²) in [5, 5.41) is 11.6. The Bertz CT molecular complexity index is 1410. The standard InChI is InChI=1S/C27H28FN5O3/c28-11-16-35-17-18-36-25-8-2-22(3-9-25)27(34)31-23-4-6-24(7-5-23)32-12-14-33(15-13-32)26-10-1-21(19-29)20-30-26/h1-10,20H,11-18H2,(H,31,34)/i2T,3T,14T2,15T2. The van der Waals surface area contributed by atoms with Crippen LogP contribution in [0.25, 0.3) is 0 Å². The van der Waals surface area contributed by atoms with Crippen LogP contribution in [0.1, 0.15) is 24.1 Å². The van der Waals surface area contributed by atoms with Gasteiger partial charge >= 0.3 is 0 Å². The van der Waals surface area contributed by atoms with Crippen molar-refractivity contribution in [2.24, 2.45) is 0 Å². The van der Waals surface area contributed by atoms with E-state index in [0.717, 1.165) is 4.90 Å². The van der Waals surface area contributed by atoms with Crippen molar-refractivity contribution in [2.75, 3.05) is 67.7 Å². The molecule has 8 nitrogen and oxygen atoms in total. The number of aromatic nitrogens is 1. The summed E-state index contributed by atoms with van der Waals surface area (Å²) < 4.78 is 73.2. The molecule has 1 fully saturated rings. The van der Waals surface area contributed by atoms with Crippen LogP contribution in [0.5, 0.6) is 5.75 Å². The number of carbonyl (C=O) groups excluding carboxylic acids is 1. The van der Waals surface area contributed by atoms with E-state index in [1.807, 2.05) is 6.07 Å². The lowest BCUT2D eigenvalue weighted by molar-refractivity contribution is 0.0897. The number of halogens is 1. The van der Waals surface area contributed by atoms with Gasteiger partial charge in [-0.2, -0.15) is 5.26 Å². The van der Waals surface area contributed by atoms with Crippen molar-refractivity contribution < 1.29 is 26.9 Å². The fourth-order valence-electron chi connectivity index (χ4n) is 3.26. The van der Waals surface area contributed by atoms with E-state index in [1.54, 1.807) is 29.2 Å². The van der Waals surface area contributed by atoms with Crippen LogP contribution in [0.3, 0.4) is 0 Å². The van der Waals surface area contributed by atoms with Crippen LogP contribution >= 0.6 is 0 Å². The Morgan fingerprint density at radius 3 is 2.47 bits per heavy atom. The van der Waals surface area contributed by atoms with Crippen LogP contribution in [0.2, 0.25) is 0 Å². The number of anilines is 3. The van der Waals surface area contributed by atoms with Crippen LogP contribution in [-0.2, 0) is 4.74 Å². The van der Waals surface area contributed by atoms with Gasteiger partial charge in [0.15, 0.2) is 0 Å². The summed E-state index contributed by atoms with van der Waals surface area (Å²) in [6.07, 6.45) is 1.27. The lowest BCUT2D eigenvalue weighted by Gasteiger charge is -2.36. The van der Waals surface area contributed by atoms with E-state index in [2.05, 4.69) is 10.3 Å². The summed E-state index contributed by atoms with van der Waals surface area (Å²) in [4.78, 5) is 19.5. The zero-order chi connectivity index (χ0) is 30.5. The molecule has 4 rings (SSSR count). The number of alkyl halides is 1. The van der Waals surface area contributed by atoms with Gasteiger partial charge < -0.3 is 24.6 Å². The maximum absolute atomic E-state index is 12.9. The highest BCUT2D eigenvalue weighted by Gasteiger charge is 2.18. The lowest BCUT2D eigenvalue weighted by Crippen LogP contribution is -2.46. The molecule has 9 heteroatoms. The molecule has 1 aromatic heterocycles. The Morgan fingerprint density at radius 2 is 1.83 bits per heavy atom. The van der Waals surface area contributed by atoms with Crippen molar-refractivity contribution >= 4 is 23.1 Å². The molecular weight excluding hydrogens is 461 g/mol. The van der Waals surface area contributed by atoms with Gasteiger partial charge in [-0.3, -0.25) is 4.79 Å². The van der Waals surface area contributed by atoms with Crippen molar-refractivity contribution in [3.63, 3.8) is 0 Å². The quantitative estimate of drug-likeness (QED) is 0.422. The molecule has 1 aliphatic rings. The normalized spacial score (nSPS) is 18.4. The first-order chi connectivity index (χ1) is 19.9. The number of rotatable bonds is 10. The van der Waals surface area contributed by atoms with Gasteiger partial charge in [0.05, 0.1) is 27.0 Å². The molecular formula is C27H28FN5O3. The fraction of sp³-hybridized carbons (Fsp3) is 0.296. The molecule has 0 aliphatic carbocycles. The highest BCUT2D eigenvalue weighted by atomic mass is 19.1. The summed E-state index contributed by atoms with van der Waals surface area (Å²) in [6.45, 7) is -5.07. The molecule has 1 N–H and O–H groups in total. The van der Waals surface area contributed by atoms with Crippen LogP contribution < -0.4 is 19.9 Å². The summed E-state index contributed by atoms with van der Waals surface area (Å²) in [7, 11) is 0. The molecule has 2 aromatic carbocycles. The molecule has 1 saturated heterocycles. The Labute approximate surface area is 218 Å². The van der Waals surface area contributed by atoms with Gasteiger partial charge in [-0.05, 0) is 60.6 Å². The highest BCUT2D eigenvalue weighted by molar-refractivity contribution is 6.04. The van der Waals surface area contributed by atoms with Gasteiger partial charge in [0.1, 0.15) is 30.9 Å². The molecule has 3 aromatic rings. The van der Waals surface area contributed by atoms with Crippen molar-refractivity contribution in [3.8, 4) is 11.8 Å². The summed E-state index contributed by atoms with van der Waals surface area (Å²) in [6, 6.07) is 13.3. The maximum Gasteiger partial charge on any atom is 0.255 e. The number of hydrogen-bond acceptors (Lipinski definition) is 7. The highest BCUT2D eigenvalue weighted by Crippen LogP contribution is 2.22. The zero-order valence-corrected chi connectivity index (χ0v) is 19.3. The summed E-state index contributed by atoms with van der Waals surface area (Å²) >= 11 is 0.